The lowest BCUT2D eigenvalue weighted by Crippen LogP contribution is -2.56. The highest BCUT2D eigenvalue weighted by molar-refractivity contribution is 5.73. The Morgan fingerprint density at radius 1 is 1.38 bits per heavy atom. The van der Waals surface area contributed by atoms with Gasteiger partial charge in [0.15, 0.2) is 0 Å². The summed E-state index contributed by atoms with van der Waals surface area (Å²) in [6.07, 6.45) is 1.13. The maximum atomic E-state index is 11.4. The molecule has 1 aliphatic heterocycles. The van der Waals surface area contributed by atoms with Crippen LogP contribution in [0, 0.1) is 5.92 Å². The van der Waals surface area contributed by atoms with Crippen LogP contribution in [0.15, 0.2) is 30.3 Å². The van der Waals surface area contributed by atoms with Crippen LogP contribution in [0.2, 0.25) is 0 Å². The molecule has 0 aliphatic carbocycles. The van der Waals surface area contributed by atoms with E-state index in [2.05, 4.69) is 31.3 Å². The molecule has 4 nitrogen and oxygen atoms in total. The van der Waals surface area contributed by atoms with Gasteiger partial charge in [-0.15, -0.1) is 0 Å². The van der Waals surface area contributed by atoms with Gasteiger partial charge in [-0.2, -0.15) is 0 Å². The number of hydrogen-bond acceptors (Lipinski definition) is 3. The molecule has 4 heteroatoms. The van der Waals surface area contributed by atoms with E-state index in [1.54, 1.807) is 0 Å². The van der Waals surface area contributed by atoms with Crippen molar-refractivity contribution in [3.63, 3.8) is 0 Å². The summed E-state index contributed by atoms with van der Waals surface area (Å²) < 4.78 is 12.0. The van der Waals surface area contributed by atoms with E-state index in [1.165, 1.54) is 6.92 Å². The topological polar surface area (TPSA) is 47.6 Å². The van der Waals surface area contributed by atoms with Gasteiger partial charge in [-0.3, -0.25) is 4.79 Å². The van der Waals surface area contributed by atoms with Crippen molar-refractivity contribution in [2.24, 2.45) is 5.92 Å². The number of carbonyl (C=O) groups is 1. The molecule has 0 bridgehead atoms. The van der Waals surface area contributed by atoms with Crippen LogP contribution in [0.25, 0.3) is 0 Å². The van der Waals surface area contributed by atoms with Crippen LogP contribution in [-0.2, 0) is 20.9 Å². The van der Waals surface area contributed by atoms with Gasteiger partial charge in [0, 0.05) is 12.8 Å². The first-order valence-corrected chi connectivity index (χ1v) is 7.66. The largest absolute Gasteiger partial charge is 0.376 e. The number of benzene rings is 1. The zero-order valence-electron chi connectivity index (χ0n) is 13.0. The van der Waals surface area contributed by atoms with Crippen LogP contribution in [0.5, 0.6) is 0 Å². The van der Waals surface area contributed by atoms with E-state index in [-0.39, 0.29) is 30.1 Å². The van der Waals surface area contributed by atoms with E-state index in [9.17, 15) is 4.79 Å². The van der Waals surface area contributed by atoms with Gasteiger partial charge < -0.3 is 14.8 Å². The number of amides is 1. The SMILES string of the molecule is CC[C@H]1OC[C@H](NC(C)=O)[C@@H](OCc2ccccc2)[C@H]1C. The number of rotatable bonds is 5. The lowest BCUT2D eigenvalue weighted by Gasteiger charge is -2.41. The molecule has 1 saturated heterocycles. The van der Waals surface area contributed by atoms with Crippen molar-refractivity contribution >= 4 is 5.91 Å². The summed E-state index contributed by atoms with van der Waals surface area (Å²) in [5.74, 6) is 0.211. The van der Waals surface area contributed by atoms with Gasteiger partial charge in [-0.1, -0.05) is 44.2 Å². The summed E-state index contributed by atoms with van der Waals surface area (Å²) in [6.45, 7) is 6.86. The van der Waals surface area contributed by atoms with E-state index < -0.39 is 0 Å². The molecule has 0 spiro atoms. The Balaban J connectivity index is 2.03. The smallest absolute Gasteiger partial charge is 0.217 e. The van der Waals surface area contributed by atoms with E-state index in [4.69, 9.17) is 9.47 Å². The molecular formula is C17H25NO3. The molecular weight excluding hydrogens is 266 g/mol. The van der Waals surface area contributed by atoms with Gasteiger partial charge in [0.1, 0.15) is 0 Å². The van der Waals surface area contributed by atoms with Crippen molar-refractivity contribution in [2.75, 3.05) is 6.61 Å². The number of hydrogen-bond donors (Lipinski definition) is 1. The van der Waals surface area contributed by atoms with Crippen molar-refractivity contribution in [2.45, 2.75) is 52.0 Å². The fourth-order valence-electron chi connectivity index (χ4n) is 2.96. The fourth-order valence-corrected chi connectivity index (χ4v) is 2.96. The van der Waals surface area contributed by atoms with Crippen LogP contribution in [0.1, 0.15) is 32.8 Å². The predicted octanol–water partition coefficient (Wildman–Crippen LogP) is 2.52. The Bertz CT molecular complexity index is 449. The third kappa shape index (κ3) is 4.29. The maximum absolute atomic E-state index is 11.4. The Kier molecular flexibility index (Phi) is 5.76. The molecule has 1 aliphatic rings. The van der Waals surface area contributed by atoms with Gasteiger partial charge in [0.2, 0.25) is 5.91 Å². The fraction of sp³-hybridized carbons (Fsp3) is 0.588. The summed E-state index contributed by atoms with van der Waals surface area (Å²) >= 11 is 0. The average Bonchev–Trinajstić information content (AvgIpc) is 2.47. The number of ether oxygens (including phenoxy) is 2. The summed E-state index contributed by atoms with van der Waals surface area (Å²) in [4.78, 5) is 11.4. The standard InChI is InChI=1S/C17H25NO3/c1-4-16-12(2)17(15(11-20-16)18-13(3)19)21-10-14-8-6-5-7-9-14/h5-9,12,15-17H,4,10-11H2,1-3H3,(H,18,19)/t12-,15-,16+,17-/m0/s1. The summed E-state index contributed by atoms with van der Waals surface area (Å²) in [6, 6.07) is 10.0. The van der Waals surface area contributed by atoms with Gasteiger partial charge in [-0.05, 0) is 12.0 Å². The molecule has 0 aromatic heterocycles. The highest BCUT2D eigenvalue weighted by atomic mass is 16.5. The minimum absolute atomic E-state index is 0.0205. The van der Waals surface area contributed by atoms with E-state index in [0.29, 0.717) is 13.2 Å². The van der Waals surface area contributed by atoms with Gasteiger partial charge in [0.05, 0.1) is 31.5 Å². The molecule has 2 rings (SSSR count). The third-order valence-corrected chi connectivity index (χ3v) is 4.07. The van der Waals surface area contributed by atoms with E-state index in [1.807, 2.05) is 18.2 Å². The second-order valence-corrected chi connectivity index (χ2v) is 5.71. The average molecular weight is 291 g/mol. The zero-order chi connectivity index (χ0) is 15.2. The molecule has 116 valence electrons. The third-order valence-electron chi connectivity index (χ3n) is 4.07. The van der Waals surface area contributed by atoms with Crippen molar-refractivity contribution < 1.29 is 14.3 Å². The van der Waals surface area contributed by atoms with Crippen molar-refractivity contribution in [3.8, 4) is 0 Å². The second-order valence-electron chi connectivity index (χ2n) is 5.71. The van der Waals surface area contributed by atoms with Crippen molar-refractivity contribution in [3.05, 3.63) is 35.9 Å². The van der Waals surface area contributed by atoms with Gasteiger partial charge in [0.25, 0.3) is 0 Å². The minimum Gasteiger partial charge on any atom is -0.376 e. The highest BCUT2D eigenvalue weighted by Gasteiger charge is 2.38. The molecule has 1 heterocycles. The number of nitrogens with one attached hydrogen (secondary N) is 1. The van der Waals surface area contributed by atoms with E-state index in [0.717, 1.165) is 12.0 Å². The monoisotopic (exact) mass is 291 g/mol. The first-order valence-electron chi connectivity index (χ1n) is 7.66. The lowest BCUT2D eigenvalue weighted by molar-refractivity contribution is -0.144. The molecule has 1 N–H and O–H groups in total. The zero-order valence-corrected chi connectivity index (χ0v) is 13.0. The van der Waals surface area contributed by atoms with Crippen molar-refractivity contribution in [1.29, 1.82) is 0 Å². The van der Waals surface area contributed by atoms with E-state index >= 15 is 0 Å². The minimum atomic E-state index is -0.0796. The van der Waals surface area contributed by atoms with Gasteiger partial charge in [-0.25, -0.2) is 0 Å². The molecule has 0 unspecified atom stereocenters. The summed E-state index contributed by atoms with van der Waals surface area (Å²) in [5, 5.41) is 2.95. The maximum Gasteiger partial charge on any atom is 0.217 e. The Hall–Kier alpha value is -1.39. The molecule has 1 aromatic carbocycles. The molecule has 0 saturated carbocycles. The van der Waals surface area contributed by atoms with Crippen LogP contribution in [0.3, 0.4) is 0 Å². The molecule has 0 radical (unpaired) electrons. The molecule has 1 amide bonds. The molecule has 4 atom stereocenters. The van der Waals surface area contributed by atoms with Crippen LogP contribution in [0.4, 0.5) is 0 Å². The summed E-state index contributed by atoms with van der Waals surface area (Å²) in [7, 11) is 0. The Morgan fingerprint density at radius 3 is 2.71 bits per heavy atom. The first kappa shape index (κ1) is 16.0. The first-order chi connectivity index (χ1) is 10.1. The Morgan fingerprint density at radius 2 is 2.10 bits per heavy atom. The molecule has 1 fully saturated rings. The number of carbonyl (C=O) groups excluding carboxylic acids is 1. The van der Waals surface area contributed by atoms with Crippen LogP contribution >= 0.6 is 0 Å². The Labute approximate surface area is 126 Å². The normalized spacial score (nSPS) is 29.1. The lowest BCUT2D eigenvalue weighted by atomic mass is 9.88. The van der Waals surface area contributed by atoms with Crippen LogP contribution in [-0.4, -0.2) is 30.8 Å². The quantitative estimate of drug-likeness (QED) is 0.907. The second kappa shape index (κ2) is 7.57. The van der Waals surface area contributed by atoms with Crippen molar-refractivity contribution in [1.82, 2.24) is 5.32 Å². The summed E-state index contributed by atoms with van der Waals surface area (Å²) in [5.41, 5.74) is 1.14. The predicted molar refractivity (Wildman–Crippen MR) is 81.8 cm³/mol. The molecule has 1 aromatic rings. The molecule has 21 heavy (non-hydrogen) atoms. The van der Waals surface area contributed by atoms with Gasteiger partial charge >= 0.3 is 0 Å². The highest BCUT2D eigenvalue weighted by Crippen LogP contribution is 2.27. The van der Waals surface area contributed by atoms with Crippen LogP contribution < -0.4 is 5.32 Å².